The average molecular weight is 349 g/mol. The fraction of sp³-hybridized carbons (Fsp3) is 0.238. The number of aromatic carboxylic acids is 1. The van der Waals surface area contributed by atoms with Gasteiger partial charge in [0.2, 0.25) is 5.78 Å². The van der Waals surface area contributed by atoms with E-state index in [0.717, 1.165) is 38.4 Å². The van der Waals surface area contributed by atoms with E-state index in [4.69, 9.17) is 9.84 Å². The number of hydrogen-bond acceptors (Lipinski definition) is 4. The average Bonchev–Trinajstić information content (AvgIpc) is 2.68. The van der Waals surface area contributed by atoms with Crippen molar-refractivity contribution in [3.05, 3.63) is 70.8 Å². The molecular weight excluding hydrogens is 330 g/mol. The smallest absolute Gasteiger partial charge is 0.335 e. The number of nitrogens with zero attached hydrogens (tertiary/aromatic N) is 1. The van der Waals surface area contributed by atoms with Gasteiger partial charge in [0.1, 0.15) is 0 Å². The summed E-state index contributed by atoms with van der Waals surface area (Å²) in [6.45, 7) is 4.32. The van der Waals surface area contributed by atoms with Crippen LogP contribution in [-0.4, -0.2) is 48.1 Å². The maximum absolute atomic E-state index is 12.1. The molecule has 1 aliphatic heterocycles. The molecule has 0 saturated carbocycles. The van der Waals surface area contributed by atoms with E-state index in [0.29, 0.717) is 5.56 Å². The van der Waals surface area contributed by atoms with Gasteiger partial charge in [-0.05, 0) is 47.9 Å². The van der Waals surface area contributed by atoms with Gasteiger partial charge < -0.3 is 9.84 Å². The van der Waals surface area contributed by atoms with Crippen molar-refractivity contribution in [3.63, 3.8) is 0 Å². The summed E-state index contributed by atoms with van der Waals surface area (Å²) in [6, 6.07) is 13.6. The Morgan fingerprint density at radius 2 is 1.58 bits per heavy atom. The lowest BCUT2D eigenvalue weighted by molar-refractivity contribution is 0.0342. The van der Waals surface area contributed by atoms with Crippen molar-refractivity contribution in [1.82, 2.24) is 4.90 Å². The van der Waals surface area contributed by atoms with Crippen molar-refractivity contribution in [2.45, 2.75) is 6.54 Å². The molecule has 0 bridgehead atoms. The van der Waals surface area contributed by atoms with Gasteiger partial charge in [-0.2, -0.15) is 0 Å². The van der Waals surface area contributed by atoms with E-state index in [-0.39, 0.29) is 11.3 Å². The Balaban J connectivity index is 1.61. The first-order valence-electron chi connectivity index (χ1n) is 8.40. The number of morpholine rings is 1. The molecule has 3 rings (SSSR count). The molecule has 132 valence electrons. The number of Topliss-reactive ketones (excluding diaryl/α,β-unsaturated/α-hetero) is 1. The van der Waals surface area contributed by atoms with E-state index in [2.05, 4.69) is 16.7 Å². The summed E-state index contributed by atoms with van der Waals surface area (Å²) in [5.41, 5.74) is 2.50. The third kappa shape index (κ3) is 4.79. The van der Waals surface area contributed by atoms with Crippen LogP contribution in [0.3, 0.4) is 0 Å². The molecule has 2 aromatic carbocycles. The second-order valence-electron chi connectivity index (χ2n) is 6.05. The first-order valence-corrected chi connectivity index (χ1v) is 8.40. The van der Waals surface area contributed by atoms with Crippen LogP contribution in [0.4, 0.5) is 0 Å². The van der Waals surface area contributed by atoms with Crippen LogP contribution in [0.15, 0.2) is 48.5 Å². The van der Waals surface area contributed by atoms with E-state index in [1.54, 1.807) is 0 Å². The molecule has 1 fully saturated rings. The van der Waals surface area contributed by atoms with E-state index >= 15 is 0 Å². The molecule has 1 N–H and O–H groups in total. The number of benzene rings is 2. The number of carbonyl (C=O) groups excluding carboxylic acids is 1. The molecule has 0 atom stereocenters. The summed E-state index contributed by atoms with van der Waals surface area (Å²) in [5, 5.41) is 8.87. The van der Waals surface area contributed by atoms with Gasteiger partial charge in [0.05, 0.1) is 18.8 Å². The van der Waals surface area contributed by atoms with Gasteiger partial charge in [0.15, 0.2) is 0 Å². The van der Waals surface area contributed by atoms with Crippen LogP contribution in [0.2, 0.25) is 0 Å². The van der Waals surface area contributed by atoms with Crippen LogP contribution in [0, 0.1) is 11.8 Å². The molecule has 1 heterocycles. The number of hydrogen-bond donors (Lipinski definition) is 1. The van der Waals surface area contributed by atoms with Crippen LogP contribution < -0.4 is 0 Å². The molecule has 0 spiro atoms. The first-order chi connectivity index (χ1) is 12.6. The number of rotatable bonds is 4. The zero-order valence-electron chi connectivity index (χ0n) is 14.3. The zero-order valence-corrected chi connectivity index (χ0v) is 14.3. The Morgan fingerprint density at radius 1 is 0.962 bits per heavy atom. The van der Waals surface area contributed by atoms with Gasteiger partial charge in [0, 0.05) is 30.8 Å². The van der Waals surface area contributed by atoms with E-state index in [9.17, 15) is 9.59 Å². The van der Waals surface area contributed by atoms with Crippen molar-refractivity contribution in [1.29, 1.82) is 0 Å². The largest absolute Gasteiger partial charge is 0.478 e. The Bertz CT molecular complexity index is 838. The molecule has 0 radical (unpaired) electrons. The predicted molar refractivity (Wildman–Crippen MR) is 97.1 cm³/mol. The van der Waals surface area contributed by atoms with Crippen molar-refractivity contribution in [2.75, 3.05) is 26.3 Å². The fourth-order valence-electron chi connectivity index (χ4n) is 2.68. The molecule has 0 amide bonds. The number of ether oxygens (including phenoxy) is 1. The molecule has 0 unspecified atom stereocenters. The maximum Gasteiger partial charge on any atom is 0.335 e. The highest BCUT2D eigenvalue weighted by Gasteiger charge is 2.10. The van der Waals surface area contributed by atoms with Crippen molar-refractivity contribution < 1.29 is 19.4 Å². The number of carboxylic acids is 1. The topological polar surface area (TPSA) is 66.8 Å². The standard InChI is InChI=1S/C21H19NO4/c23-20(18-6-8-19(9-7-18)21(24)25)10-5-16-1-3-17(4-2-16)15-22-11-13-26-14-12-22/h1-4,6-9H,11-15H2,(H,24,25). The zero-order chi connectivity index (χ0) is 18.4. The Labute approximate surface area is 152 Å². The summed E-state index contributed by atoms with van der Waals surface area (Å²) in [6.07, 6.45) is 0. The lowest BCUT2D eigenvalue weighted by Crippen LogP contribution is -2.35. The molecule has 1 saturated heterocycles. The summed E-state index contributed by atoms with van der Waals surface area (Å²) in [5.74, 6) is 4.11. The quantitative estimate of drug-likeness (QED) is 0.678. The van der Waals surface area contributed by atoms with Gasteiger partial charge in [-0.1, -0.05) is 18.1 Å². The summed E-state index contributed by atoms with van der Waals surface area (Å²) < 4.78 is 5.34. The maximum atomic E-state index is 12.1. The van der Waals surface area contributed by atoms with Gasteiger partial charge in [0.25, 0.3) is 0 Å². The summed E-state index contributed by atoms with van der Waals surface area (Å²) >= 11 is 0. The molecule has 2 aromatic rings. The monoisotopic (exact) mass is 349 g/mol. The summed E-state index contributed by atoms with van der Waals surface area (Å²) in [4.78, 5) is 25.3. The van der Waals surface area contributed by atoms with Crippen LogP contribution >= 0.6 is 0 Å². The predicted octanol–water partition coefficient (Wildman–Crippen LogP) is 2.45. The molecule has 1 aliphatic rings. The van der Waals surface area contributed by atoms with Gasteiger partial charge in [-0.3, -0.25) is 9.69 Å². The highest BCUT2D eigenvalue weighted by Crippen LogP contribution is 2.09. The minimum Gasteiger partial charge on any atom is -0.478 e. The van der Waals surface area contributed by atoms with Crippen LogP contribution in [-0.2, 0) is 11.3 Å². The normalized spacial score (nSPS) is 14.3. The second kappa shape index (κ2) is 8.43. The molecule has 5 nitrogen and oxygen atoms in total. The van der Waals surface area contributed by atoms with E-state index in [1.165, 1.54) is 29.8 Å². The third-order valence-electron chi connectivity index (χ3n) is 4.18. The molecular formula is C21H19NO4. The van der Waals surface area contributed by atoms with E-state index in [1.807, 2.05) is 24.3 Å². The Hall–Kier alpha value is -2.94. The molecule has 0 aliphatic carbocycles. The van der Waals surface area contributed by atoms with Crippen LogP contribution in [0.5, 0.6) is 0 Å². The SMILES string of the molecule is O=C(O)c1ccc(C(=O)C#Cc2ccc(CN3CCOCC3)cc2)cc1. The van der Waals surface area contributed by atoms with Gasteiger partial charge in [-0.15, -0.1) is 0 Å². The van der Waals surface area contributed by atoms with Gasteiger partial charge in [-0.25, -0.2) is 4.79 Å². The second-order valence-corrected chi connectivity index (χ2v) is 6.05. The third-order valence-corrected chi connectivity index (χ3v) is 4.18. The van der Waals surface area contributed by atoms with Crippen molar-refractivity contribution in [2.24, 2.45) is 0 Å². The highest BCUT2D eigenvalue weighted by atomic mass is 16.5. The lowest BCUT2D eigenvalue weighted by Gasteiger charge is -2.26. The fourth-order valence-corrected chi connectivity index (χ4v) is 2.68. The number of ketones is 1. The van der Waals surface area contributed by atoms with Gasteiger partial charge >= 0.3 is 5.97 Å². The van der Waals surface area contributed by atoms with Crippen molar-refractivity contribution in [3.8, 4) is 11.8 Å². The van der Waals surface area contributed by atoms with E-state index < -0.39 is 5.97 Å². The Kier molecular flexibility index (Phi) is 5.80. The Morgan fingerprint density at radius 3 is 2.19 bits per heavy atom. The molecule has 5 heteroatoms. The lowest BCUT2D eigenvalue weighted by atomic mass is 10.1. The summed E-state index contributed by atoms with van der Waals surface area (Å²) in [7, 11) is 0. The van der Waals surface area contributed by atoms with Crippen LogP contribution in [0.1, 0.15) is 31.8 Å². The minimum absolute atomic E-state index is 0.144. The molecule has 26 heavy (non-hydrogen) atoms. The molecule has 0 aromatic heterocycles. The minimum atomic E-state index is -1.02. The first kappa shape index (κ1) is 17.9. The number of carboxylic acid groups (broad SMARTS) is 1. The highest BCUT2D eigenvalue weighted by molar-refractivity contribution is 6.09. The van der Waals surface area contributed by atoms with Crippen molar-refractivity contribution >= 4 is 11.8 Å². The number of carbonyl (C=O) groups is 2. The van der Waals surface area contributed by atoms with Crippen LogP contribution in [0.25, 0.3) is 0 Å².